The largest absolute Gasteiger partial charge is 0.361 e. The quantitative estimate of drug-likeness (QED) is 0.380. The average Bonchev–Trinajstić information content (AvgIpc) is 3.75. The molecular weight excluding hydrogens is 568 g/mol. The highest BCUT2D eigenvalue weighted by Gasteiger charge is 2.47. The monoisotopic (exact) mass is 604 g/mol. The number of hydrogen-bond acceptors (Lipinski definition) is 9. The van der Waals surface area contributed by atoms with Gasteiger partial charge in [0.15, 0.2) is 11.5 Å². The van der Waals surface area contributed by atoms with Crippen LogP contribution in [0.4, 0.5) is 0 Å². The zero-order valence-corrected chi connectivity index (χ0v) is 25.6. The number of thiophene rings is 1. The van der Waals surface area contributed by atoms with Gasteiger partial charge in [0.1, 0.15) is 23.3 Å². The van der Waals surface area contributed by atoms with Crippen molar-refractivity contribution < 1.29 is 23.6 Å². The Kier molecular flexibility index (Phi) is 8.86. The first-order chi connectivity index (χ1) is 19.6. The predicted octanol–water partition coefficient (Wildman–Crippen LogP) is 4.48. The van der Waals surface area contributed by atoms with E-state index in [0.717, 1.165) is 30.8 Å². The van der Waals surface area contributed by atoms with Crippen LogP contribution in [0.15, 0.2) is 28.8 Å². The highest BCUT2D eigenvalue weighted by Crippen LogP contribution is 2.36. The van der Waals surface area contributed by atoms with Gasteiger partial charge in [-0.15, -0.1) is 11.3 Å². The fourth-order valence-electron chi connectivity index (χ4n) is 5.58. The zero-order valence-electron chi connectivity index (χ0n) is 24.1. The Balaban J connectivity index is 1.42. The molecule has 11 nitrogen and oxygen atoms in total. The van der Waals surface area contributed by atoms with Crippen molar-refractivity contribution in [1.29, 1.82) is 0 Å². The molecule has 2 aliphatic rings. The highest BCUT2D eigenvalue weighted by atomic mass is 35.5. The maximum Gasteiger partial charge on any atom is 0.278 e. The first-order valence-electron chi connectivity index (χ1n) is 13.9. The van der Waals surface area contributed by atoms with Gasteiger partial charge in [0.25, 0.3) is 11.8 Å². The van der Waals surface area contributed by atoms with Crippen LogP contribution in [0.2, 0.25) is 4.34 Å². The van der Waals surface area contributed by atoms with Crippen LogP contribution in [0.5, 0.6) is 0 Å². The molecule has 3 aromatic heterocycles. The molecule has 5 heterocycles. The van der Waals surface area contributed by atoms with E-state index in [1.54, 1.807) is 37.3 Å². The smallest absolute Gasteiger partial charge is 0.278 e. The van der Waals surface area contributed by atoms with Crippen molar-refractivity contribution in [1.82, 2.24) is 30.1 Å². The van der Waals surface area contributed by atoms with E-state index in [1.807, 2.05) is 13.0 Å². The van der Waals surface area contributed by atoms with Gasteiger partial charge in [0.05, 0.1) is 15.8 Å². The topological polar surface area (TPSA) is 115 Å². The summed E-state index contributed by atoms with van der Waals surface area (Å²) in [6, 6.07) is 7.50. The maximum absolute atomic E-state index is 13.8. The Labute approximate surface area is 248 Å². The second-order valence-electron chi connectivity index (χ2n) is 11.0. The summed E-state index contributed by atoms with van der Waals surface area (Å²) in [6.07, 6.45) is 2.50. The Bertz CT molecular complexity index is 1380. The Hall–Kier alpha value is -2.77. The van der Waals surface area contributed by atoms with E-state index in [4.69, 9.17) is 25.6 Å². The molecule has 2 saturated heterocycles. The first kappa shape index (κ1) is 29.7. The number of hydrogen-bond donors (Lipinski definition) is 1. The maximum atomic E-state index is 13.8. The van der Waals surface area contributed by atoms with Gasteiger partial charge in [-0.1, -0.05) is 16.8 Å². The summed E-state index contributed by atoms with van der Waals surface area (Å²) in [5.74, 6) is -0.0857. The molecule has 0 spiro atoms. The summed E-state index contributed by atoms with van der Waals surface area (Å²) in [6.45, 7) is 8.19. The summed E-state index contributed by atoms with van der Waals surface area (Å²) in [5.41, 5.74) is 0.113. The molecule has 0 unspecified atom stereocenters. The molecule has 2 atom stereocenters. The highest BCUT2D eigenvalue weighted by molar-refractivity contribution is 7.19. The van der Waals surface area contributed by atoms with E-state index < -0.39 is 12.0 Å². The SMILES string of the molecule is CO[C@@H]1CC[C@@](C)(OC)N1C(=O)c1cc(C(=O)NC2CCN(C(C)C)CC2)n(Cc2cc(-c3ccc(Cl)s3)on2)n1. The number of rotatable bonds is 9. The molecular formula is C28H37ClN6O5S. The lowest BCUT2D eigenvalue weighted by Gasteiger charge is -2.36. The molecule has 2 aliphatic heterocycles. The third-order valence-corrected chi connectivity index (χ3v) is 9.34. The van der Waals surface area contributed by atoms with E-state index in [1.165, 1.54) is 16.0 Å². The number of likely N-dealkylation sites (tertiary alicyclic amines) is 2. The Morgan fingerprint density at radius 1 is 1.22 bits per heavy atom. The van der Waals surface area contributed by atoms with Crippen LogP contribution in [0.25, 0.3) is 10.6 Å². The summed E-state index contributed by atoms with van der Waals surface area (Å²) in [4.78, 5) is 32.2. The number of amides is 2. The molecule has 0 radical (unpaired) electrons. The molecule has 5 rings (SSSR count). The predicted molar refractivity (Wildman–Crippen MR) is 155 cm³/mol. The number of ether oxygens (including phenoxy) is 2. The number of nitrogens with one attached hydrogen (secondary N) is 1. The summed E-state index contributed by atoms with van der Waals surface area (Å²) < 4.78 is 19.0. The average molecular weight is 605 g/mol. The first-order valence-corrected chi connectivity index (χ1v) is 15.1. The molecule has 0 saturated carbocycles. The van der Waals surface area contributed by atoms with Crippen LogP contribution in [-0.2, 0) is 16.0 Å². The minimum Gasteiger partial charge on any atom is -0.361 e. The summed E-state index contributed by atoms with van der Waals surface area (Å²) in [5, 5.41) is 12.0. The van der Waals surface area contributed by atoms with Gasteiger partial charge in [-0.2, -0.15) is 5.10 Å². The molecule has 222 valence electrons. The van der Waals surface area contributed by atoms with Crippen LogP contribution in [-0.4, -0.2) is 87.9 Å². The van der Waals surface area contributed by atoms with Crippen LogP contribution in [0.3, 0.4) is 0 Å². The Morgan fingerprint density at radius 3 is 2.61 bits per heavy atom. The third-order valence-electron chi connectivity index (χ3n) is 8.10. The van der Waals surface area contributed by atoms with Crippen molar-refractivity contribution in [3.63, 3.8) is 0 Å². The molecule has 0 aromatic carbocycles. The fourth-order valence-corrected chi connectivity index (χ4v) is 6.58. The van der Waals surface area contributed by atoms with Gasteiger partial charge < -0.3 is 24.2 Å². The molecule has 0 aliphatic carbocycles. The van der Waals surface area contributed by atoms with Crippen molar-refractivity contribution in [2.45, 2.75) is 77.0 Å². The van der Waals surface area contributed by atoms with Crippen LogP contribution < -0.4 is 5.32 Å². The molecule has 0 bridgehead atoms. The van der Waals surface area contributed by atoms with E-state index >= 15 is 0 Å². The van der Waals surface area contributed by atoms with Crippen molar-refractivity contribution >= 4 is 34.8 Å². The zero-order chi connectivity index (χ0) is 29.3. The number of carbonyl (C=O) groups excluding carboxylic acids is 2. The van der Waals surface area contributed by atoms with Gasteiger partial charge in [0.2, 0.25) is 0 Å². The van der Waals surface area contributed by atoms with E-state index in [9.17, 15) is 9.59 Å². The number of nitrogens with zero attached hydrogens (tertiary/aromatic N) is 5. The van der Waals surface area contributed by atoms with Crippen molar-refractivity contribution in [2.75, 3.05) is 27.3 Å². The summed E-state index contributed by atoms with van der Waals surface area (Å²) in [7, 11) is 3.14. The number of aromatic nitrogens is 3. The molecule has 3 aromatic rings. The molecule has 13 heteroatoms. The van der Waals surface area contributed by atoms with E-state index in [2.05, 4.69) is 34.3 Å². The van der Waals surface area contributed by atoms with Crippen LogP contribution in [0.1, 0.15) is 73.1 Å². The number of methoxy groups -OCH3 is 2. The lowest BCUT2D eigenvalue weighted by atomic mass is 10.0. The molecule has 1 N–H and O–H groups in total. The third kappa shape index (κ3) is 6.21. The van der Waals surface area contributed by atoms with Crippen LogP contribution in [0, 0.1) is 0 Å². The van der Waals surface area contributed by atoms with E-state index in [0.29, 0.717) is 34.7 Å². The van der Waals surface area contributed by atoms with Crippen molar-refractivity contribution in [3.05, 3.63) is 45.7 Å². The number of halogens is 1. The van der Waals surface area contributed by atoms with Gasteiger partial charge >= 0.3 is 0 Å². The minimum absolute atomic E-state index is 0.0375. The standard InChI is InChI=1S/C28H37ClN6O5S/c1-17(2)33-12-9-18(10-13-33)30-26(36)21-15-20(27(37)35-25(38-4)8-11-28(35,3)39-5)31-34(21)16-19-14-22(40-32-19)23-6-7-24(29)41-23/h6-7,14-15,17-18,25H,8-13,16H2,1-5H3,(H,30,36)/t25-,28-/m1/s1. The second kappa shape index (κ2) is 12.2. The Morgan fingerprint density at radius 2 is 1.98 bits per heavy atom. The fraction of sp³-hybridized carbons (Fsp3) is 0.571. The van der Waals surface area contributed by atoms with Crippen LogP contribution >= 0.6 is 22.9 Å². The van der Waals surface area contributed by atoms with Gasteiger partial charge in [-0.25, -0.2) is 0 Å². The lowest BCUT2D eigenvalue weighted by Crippen LogP contribution is -2.50. The molecule has 41 heavy (non-hydrogen) atoms. The van der Waals surface area contributed by atoms with E-state index in [-0.39, 0.29) is 35.8 Å². The minimum atomic E-state index is -0.850. The molecule has 2 fully saturated rings. The summed E-state index contributed by atoms with van der Waals surface area (Å²) >= 11 is 7.47. The number of carbonyl (C=O) groups is 2. The van der Waals surface area contributed by atoms with Gasteiger partial charge in [-0.3, -0.25) is 19.2 Å². The lowest BCUT2D eigenvalue weighted by molar-refractivity contribution is -0.126. The van der Waals surface area contributed by atoms with Gasteiger partial charge in [-0.05, 0) is 58.6 Å². The van der Waals surface area contributed by atoms with Crippen molar-refractivity contribution in [2.24, 2.45) is 0 Å². The second-order valence-corrected chi connectivity index (χ2v) is 12.7. The normalized spacial score (nSPS) is 22.1. The number of piperidine rings is 1. The molecule has 2 amide bonds. The van der Waals surface area contributed by atoms with Crippen molar-refractivity contribution in [3.8, 4) is 10.6 Å². The van der Waals surface area contributed by atoms with Gasteiger partial charge in [0, 0.05) is 51.5 Å².